The second-order valence-electron chi connectivity index (χ2n) is 4.21. The van der Waals surface area contributed by atoms with Gasteiger partial charge in [-0.15, -0.1) is 34.3 Å². The third-order valence-corrected chi connectivity index (χ3v) is 5.76. The molecule has 1 aromatic carbocycles. The lowest BCUT2D eigenvalue weighted by Gasteiger charge is -2.09. The number of fused-ring (bicyclic) bond motifs is 1. The second kappa shape index (κ2) is 5.04. The van der Waals surface area contributed by atoms with Crippen molar-refractivity contribution in [3.63, 3.8) is 0 Å². The maximum Gasteiger partial charge on any atom is 0.0944 e. The second-order valence-corrected chi connectivity index (χ2v) is 6.51. The largest absolute Gasteiger partial charge is 0.147 e. The fraction of sp³-hybridized carbons (Fsp3) is 0.200. The number of halogens is 1. The molecule has 3 aromatic rings. The Bertz CT molecular complexity index is 666. The van der Waals surface area contributed by atoms with E-state index < -0.39 is 0 Å². The highest BCUT2D eigenvalue weighted by Gasteiger charge is 2.18. The van der Waals surface area contributed by atoms with Gasteiger partial charge in [0.15, 0.2) is 0 Å². The Hall–Kier alpha value is -0.830. The van der Waals surface area contributed by atoms with Gasteiger partial charge < -0.3 is 0 Å². The summed E-state index contributed by atoms with van der Waals surface area (Å²) in [5.74, 6) is 0. The molecule has 92 valence electrons. The van der Waals surface area contributed by atoms with Crippen molar-refractivity contribution in [2.24, 2.45) is 0 Å². The van der Waals surface area contributed by atoms with E-state index in [9.17, 15) is 0 Å². The fourth-order valence-electron chi connectivity index (χ4n) is 2.20. The highest BCUT2D eigenvalue weighted by Crippen LogP contribution is 2.40. The van der Waals surface area contributed by atoms with Crippen LogP contribution in [0.15, 0.2) is 41.1 Å². The number of aryl methyl sites for hydroxylation is 1. The molecule has 2 heterocycles. The summed E-state index contributed by atoms with van der Waals surface area (Å²) < 4.78 is 1.31. The summed E-state index contributed by atoms with van der Waals surface area (Å²) in [5.41, 5.74) is 2.62. The molecule has 0 aliphatic rings. The van der Waals surface area contributed by atoms with Crippen LogP contribution >= 0.6 is 34.3 Å². The van der Waals surface area contributed by atoms with Crippen LogP contribution < -0.4 is 0 Å². The summed E-state index contributed by atoms with van der Waals surface area (Å²) in [4.78, 5) is 1.29. The molecule has 0 fully saturated rings. The quantitative estimate of drug-likeness (QED) is 0.531. The summed E-state index contributed by atoms with van der Waals surface area (Å²) in [5, 5.41) is 5.61. The molecule has 0 saturated heterocycles. The fourth-order valence-corrected chi connectivity index (χ4v) is 4.72. The monoisotopic (exact) mass is 292 g/mol. The maximum atomic E-state index is 6.69. The van der Waals surface area contributed by atoms with Crippen LogP contribution in [-0.2, 0) is 6.42 Å². The van der Waals surface area contributed by atoms with Crippen LogP contribution in [0.1, 0.15) is 28.3 Å². The van der Waals surface area contributed by atoms with Crippen LogP contribution in [0.25, 0.3) is 10.1 Å². The maximum absolute atomic E-state index is 6.69. The Morgan fingerprint density at radius 3 is 2.83 bits per heavy atom. The van der Waals surface area contributed by atoms with E-state index in [2.05, 4.69) is 48.0 Å². The standard InChI is InChI=1S/C15H13ClS2/c1-2-10-7-8-17-15(10)14(16)12-9-18-13-6-4-3-5-11(12)13/h3-9,14H,2H2,1H3. The zero-order valence-corrected chi connectivity index (χ0v) is 12.4. The van der Waals surface area contributed by atoms with Gasteiger partial charge in [0, 0.05) is 9.58 Å². The van der Waals surface area contributed by atoms with Gasteiger partial charge in [0.1, 0.15) is 0 Å². The molecule has 0 aliphatic heterocycles. The van der Waals surface area contributed by atoms with Crippen LogP contribution in [0, 0.1) is 0 Å². The topological polar surface area (TPSA) is 0 Å². The van der Waals surface area contributed by atoms with Crippen LogP contribution in [0.5, 0.6) is 0 Å². The van der Waals surface area contributed by atoms with Gasteiger partial charge in [0.2, 0.25) is 0 Å². The van der Waals surface area contributed by atoms with Gasteiger partial charge in [-0.3, -0.25) is 0 Å². The molecule has 1 unspecified atom stereocenters. The van der Waals surface area contributed by atoms with E-state index in [-0.39, 0.29) is 5.38 Å². The van der Waals surface area contributed by atoms with Gasteiger partial charge in [0.05, 0.1) is 5.38 Å². The molecule has 0 radical (unpaired) electrons. The van der Waals surface area contributed by atoms with E-state index in [1.165, 1.54) is 26.1 Å². The average molecular weight is 293 g/mol. The molecule has 3 heteroatoms. The minimum absolute atomic E-state index is 0.0175. The predicted octanol–water partition coefficient (Wildman–Crippen LogP) is 5.85. The first-order valence-electron chi connectivity index (χ1n) is 5.97. The summed E-state index contributed by atoms with van der Waals surface area (Å²) >= 11 is 10.2. The lowest BCUT2D eigenvalue weighted by molar-refractivity contribution is 1.08. The minimum atomic E-state index is -0.0175. The van der Waals surface area contributed by atoms with Crippen LogP contribution in [0.4, 0.5) is 0 Å². The van der Waals surface area contributed by atoms with Gasteiger partial charge >= 0.3 is 0 Å². The van der Waals surface area contributed by atoms with E-state index in [0.29, 0.717) is 0 Å². The number of thiophene rings is 2. The van der Waals surface area contributed by atoms with E-state index in [4.69, 9.17) is 11.6 Å². The number of hydrogen-bond acceptors (Lipinski definition) is 2. The van der Waals surface area contributed by atoms with E-state index in [1.54, 1.807) is 22.7 Å². The van der Waals surface area contributed by atoms with E-state index in [0.717, 1.165) is 6.42 Å². The van der Waals surface area contributed by atoms with Crippen molar-refractivity contribution in [2.45, 2.75) is 18.7 Å². The van der Waals surface area contributed by atoms with Crippen molar-refractivity contribution < 1.29 is 0 Å². The Balaban J connectivity index is 2.09. The molecule has 0 saturated carbocycles. The Labute approximate surface area is 120 Å². The molecule has 0 aliphatic carbocycles. The molecule has 1 atom stereocenters. The first kappa shape index (κ1) is 12.2. The molecule has 0 nitrogen and oxygen atoms in total. The highest BCUT2D eigenvalue weighted by atomic mass is 35.5. The Morgan fingerprint density at radius 1 is 1.17 bits per heavy atom. The number of rotatable bonds is 3. The van der Waals surface area contributed by atoms with Crippen molar-refractivity contribution in [2.75, 3.05) is 0 Å². The smallest absolute Gasteiger partial charge is 0.0944 e. The summed E-state index contributed by atoms with van der Waals surface area (Å²) in [7, 11) is 0. The molecular weight excluding hydrogens is 280 g/mol. The summed E-state index contributed by atoms with van der Waals surface area (Å²) in [6.07, 6.45) is 1.05. The normalized spacial score (nSPS) is 13.0. The Morgan fingerprint density at radius 2 is 2.00 bits per heavy atom. The van der Waals surface area contributed by atoms with Gasteiger partial charge in [-0.05, 0) is 45.8 Å². The third kappa shape index (κ3) is 1.99. The minimum Gasteiger partial charge on any atom is -0.147 e. The highest BCUT2D eigenvalue weighted by molar-refractivity contribution is 7.17. The van der Waals surface area contributed by atoms with E-state index in [1.807, 2.05) is 0 Å². The van der Waals surface area contributed by atoms with Gasteiger partial charge in [0.25, 0.3) is 0 Å². The summed E-state index contributed by atoms with van der Waals surface area (Å²) in [6, 6.07) is 10.7. The van der Waals surface area contributed by atoms with Crippen LogP contribution in [0.3, 0.4) is 0 Å². The van der Waals surface area contributed by atoms with Gasteiger partial charge in [-0.25, -0.2) is 0 Å². The molecule has 3 rings (SSSR count). The number of alkyl halides is 1. The molecule has 0 spiro atoms. The molecule has 18 heavy (non-hydrogen) atoms. The number of hydrogen-bond donors (Lipinski definition) is 0. The van der Waals surface area contributed by atoms with Crippen molar-refractivity contribution >= 4 is 44.4 Å². The van der Waals surface area contributed by atoms with Crippen molar-refractivity contribution in [1.29, 1.82) is 0 Å². The lowest BCUT2D eigenvalue weighted by Crippen LogP contribution is -1.92. The average Bonchev–Trinajstić information content (AvgIpc) is 3.04. The van der Waals surface area contributed by atoms with Gasteiger partial charge in [-0.2, -0.15) is 0 Å². The van der Waals surface area contributed by atoms with E-state index >= 15 is 0 Å². The lowest BCUT2D eigenvalue weighted by atomic mass is 10.1. The molecule has 0 N–H and O–H groups in total. The zero-order valence-electron chi connectivity index (χ0n) is 10.0. The van der Waals surface area contributed by atoms with Crippen molar-refractivity contribution in [1.82, 2.24) is 0 Å². The van der Waals surface area contributed by atoms with Gasteiger partial charge in [-0.1, -0.05) is 25.1 Å². The number of benzene rings is 1. The third-order valence-electron chi connectivity index (χ3n) is 3.18. The van der Waals surface area contributed by atoms with Crippen LogP contribution in [-0.4, -0.2) is 0 Å². The van der Waals surface area contributed by atoms with Crippen molar-refractivity contribution in [3.05, 3.63) is 57.1 Å². The molecule has 0 bridgehead atoms. The Kier molecular flexibility index (Phi) is 3.42. The molecule has 2 aromatic heterocycles. The first-order valence-corrected chi connectivity index (χ1v) is 8.17. The summed E-state index contributed by atoms with van der Waals surface area (Å²) in [6.45, 7) is 2.18. The van der Waals surface area contributed by atoms with Crippen LogP contribution in [0.2, 0.25) is 0 Å². The molecular formula is C15H13ClS2. The molecule has 0 amide bonds. The zero-order chi connectivity index (χ0) is 12.5. The first-order chi connectivity index (χ1) is 8.81. The predicted molar refractivity (Wildman–Crippen MR) is 83.2 cm³/mol. The SMILES string of the molecule is CCc1ccsc1C(Cl)c1csc2ccccc12. The van der Waals surface area contributed by atoms with Crippen molar-refractivity contribution in [3.8, 4) is 0 Å².